The second-order valence-electron chi connectivity index (χ2n) is 22.5. The Morgan fingerprint density at radius 3 is 1.27 bits per heavy atom. The highest BCUT2D eigenvalue weighted by atomic mass is 31.2. The van der Waals surface area contributed by atoms with Gasteiger partial charge < -0.3 is 28.5 Å². The van der Waals surface area contributed by atoms with Crippen LogP contribution >= 0.6 is 7.82 Å². The zero-order chi connectivity index (χ0) is 57.9. The Kier molecular flexibility index (Phi) is 55.4. The van der Waals surface area contributed by atoms with Crippen molar-refractivity contribution in [1.82, 2.24) is 5.32 Å². The Morgan fingerprint density at radius 2 is 0.823 bits per heavy atom. The smallest absolute Gasteiger partial charge is 0.306 e. The maximum Gasteiger partial charge on any atom is 0.306 e. The van der Waals surface area contributed by atoms with Crippen LogP contribution in [0.3, 0.4) is 0 Å². The molecule has 1 N–H and O–H groups in total. The summed E-state index contributed by atoms with van der Waals surface area (Å²) < 4.78 is 30.3. The number of hydrogen-bond acceptors (Lipinski definition) is 7. The van der Waals surface area contributed by atoms with Crippen LogP contribution in [0.25, 0.3) is 0 Å². The number of unbranched alkanes of at least 4 members (excludes halogenated alkanes) is 25. The molecule has 79 heavy (non-hydrogen) atoms. The van der Waals surface area contributed by atoms with Crippen LogP contribution in [0.1, 0.15) is 265 Å². The van der Waals surface area contributed by atoms with E-state index in [1.165, 1.54) is 128 Å². The lowest BCUT2D eigenvalue weighted by molar-refractivity contribution is -0.870. The fraction of sp³-hybridized carbons (Fsp3) is 0.710. The molecule has 3 atom stereocenters. The number of esters is 1. The minimum absolute atomic E-state index is 0.0380. The van der Waals surface area contributed by atoms with Gasteiger partial charge in [0.05, 0.1) is 33.8 Å². The van der Waals surface area contributed by atoms with Crippen LogP contribution in [0.4, 0.5) is 0 Å². The first-order valence-corrected chi connectivity index (χ1v) is 33.7. The van der Waals surface area contributed by atoms with Crippen LogP contribution in [0, 0.1) is 0 Å². The highest BCUT2D eigenvalue weighted by Gasteiger charge is 2.27. The number of rotatable bonds is 57. The quantitative estimate of drug-likeness (QED) is 0.0212. The third kappa shape index (κ3) is 59.1. The predicted molar refractivity (Wildman–Crippen MR) is 339 cm³/mol. The van der Waals surface area contributed by atoms with Crippen molar-refractivity contribution >= 4 is 19.7 Å². The lowest BCUT2D eigenvalue weighted by Gasteiger charge is -2.30. The number of phosphoric ester groups is 1. The summed E-state index contributed by atoms with van der Waals surface area (Å²) in [4.78, 5) is 40.0. The molecule has 0 aliphatic rings. The molecule has 0 radical (unpaired) electrons. The molecule has 3 unspecified atom stereocenters. The highest BCUT2D eigenvalue weighted by molar-refractivity contribution is 7.45. The van der Waals surface area contributed by atoms with Gasteiger partial charge >= 0.3 is 5.97 Å². The Hall–Kier alpha value is -3.33. The average Bonchev–Trinajstić information content (AvgIpc) is 3.41. The van der Waals surface area contributed by atoms with Crippen molar-refractivity contribution in [2.75, 3.05) is 40.9 Å². The number of carbonyl (C=O) groups is 2. The molecule has 0 saturated heterocycles. The first-order valence-electron chi connectivity index (χ1n) is 32.2. The molecule has 0 heterocycles. The summed E-state index contributed by atoms with van der Waals surface area (Å²) >= 11 is 0. The van der Waals surface area contributed by atoms with Gasteiger partial charge in [0.15, 0.2) is 0 Å². The first-order chi connectivity index (χ1) is 38.4. The number of hydrogen-bond donors (Lipinski definition) is 1. The van der Waals surface area contributed by atoms with Crippen molar-refractivity contribution in [3.8, 4) is 0 Å². The Labute approximate surface area is 487 Å². The molecular formula is C69H121N2O7P. The summed E-state index contributed by atoms with van der Waals surface area (Å²) in [6.07, 6.45) is 79.3. The molecular weight excluding hydrogens is 1000 g/mol. The maximum atomic E-state index is 13.5. The molecule has 0 aliphatic heterocycles. The number of quaternary nitrogens is 1. The molecule has 9 nitrogen and oxygen atoms in total. The normalized spacial score (nSPS) is 14.4. The minimum Gasteiger partial charge on any atom is -0.756 e. The molecule has 0 fully saturated rings. The van der Waals surface area contributed by atoms with Gasteiger partial charge in [-0.05, 0) is 109 Å². The van der Waals surface area contributed by atoms with E-state index < -0.39 is 26.6 Å². The summed E-state index contributed by atoms with van der Waals surface area (Å²) in [5.74, 6) is -0.615. The van der Waals surface area contributed by atoms with Crippen LogP contribution in [0.5, 0.6) is 0 Å². The number of amides is 1. The molecule has 10 heteroatoms. The van der Waals surface area contributed by atoms with E-state index in [2.05, 4.69) is 123 Å². The summed E-state index contributed by atoms with van der Waals surface area (Å²) in [5, 5.41) is 2.99. The third-order valence-electron chi connectivity index (χ3n) is 13.7. The van der Waals surface area contributed by atoms with Gasteiger partial charge in [-0.15, -0.1) is 0 Å². The number of likely N-dealkylation sites (N-methyl/N-ethyl adjacent to an activating group) is 1. The number of carbonyl (C=O) groups excluding carboxylic acids is 2. The van der Waals surface area contributed by atoms with E-state index in [1.54, 1.807) is 0 Å². The number of allylic oxidation sites excluding steroid dienone is 17. The van der Waals surface area contributed by atoms with Crippen molar-refractivity contribution in [3.63, 3.8) is 0 Å². The van der Waals surface area contributed by atoms with Gasteiger partial charge in [-0.2, -0.15) is 0 Å². The third-order valence-corrected chi connectivity index (χ3v) is 14.7. The molecule has 0 bridgehead atoms. The van der Waals surface area contributed by atoms with E-state index >= 15 is 0 Å². The van der Waals surface area contributed by atoms with E-state index in [-0.39, 0.29) is 31.3 Å². The SMILES string of the molecule is CC/C=C\C/C=C\C/C=C\C/C=C\C/C=C\CCCC(=O)NC(COP(=O)([O-])OCC[N+](C)(C)C)C(/C=C\CCCCCCCCCCC)OC(=O)CCCCCCCCCCCCCC/C=C\C/C=C\C/C=C\CCCCC. The number of nitrogens with one attached hydrogen (secondary N) is 1. The standard InChI is InChI=1S/C69H121N2O7P/c1-7-10-13-16-19-22-25-27-29-31-32-33-34-35-36-37-38-40-42-44-47-50-53-56-59-62-69(73)78-67(60-57-54-51-48-45-24-21-18-15-12-9-3)66(65-77-79(74,75)76-64-63-71(4,5)6)70-68(72)61-58-55-52-49-46-43-41-39-30-28-26-23-20-17-14-11-8-2/h11,14,19-20,22-23,27-30,32-33,41,43,49,52,57,60,66-67H,7-10,12-13,15-18,21,24-26,31,34-40,42,44-48,50-51,53-56,58-59,61-65H2,1-6H3,(H-,70,72,74,75)/b14-11-,22-19-,23-20-,29-27-,30-28-,33-32-,43-41-,52-49-,60-57-. The van der Waals surface area contributed by atoms with Crippen molar-refractivity contribution < 1.29 is 37.3 Å². The zero-order valence-corrected chi connectivity index (χ0v) is 52.7. The molecule has 0 aromatic rings. The summed E-state index contributed by atoms with van der Waals surface area (Å²) in [6, 6.07) is -0.925. The van der Waals surface area contributed by atoms with Gasteiger partial charge in [-0.25, -0.2) is 0 Å². The molecule has 0 saturated carbocycles. The van der Waals surface area contributed by atoms with Crippen molar-refractivity contribution in [1.29, 1.82) is 0 Å². The Bertz CT molecular complexity index is 1720. The van der Waals surface area contributed by atoms with E-state index in [4.69, 9.17) is 13.8 Å². The predicted octanol–water partition coefficient (Wildman–Crippen LogP) is 19.5. The van der Waals surface area contributed by atoms with Gasteiger partial charge in [0.1, 0.15) is 19.3 Å². The van der Waals surface area contributed by atoms with Gasteiger partial charge in [0.25, 0.3) is 7.82 Å². The van der Waals surface area contributed by atoms with Crippen LogP contribution in [0.2, 0.25) is 0 Å². The average molecular weight is 1120 g/mol. The Morgan fingerprint density at radius 1 is 0.456 bits per heavy atom. The summed E-state index contributed by atoms with van der Waals surface area (Å²) in [7, 11) is 1.14. The maximum absolute atomic E-state index is 13.5. The van der Waals surface area contributed by atoms with E-state index in [0.29, 0.717) is 17.4 Å². The molecule has 1 amide bonds. The molecule has 454 valence electrons. The second-order valence-corrected chi connectivity index (χ2v) is 23.9. The fourth-order valence-electron chi connectivity index (χ4n) is 8.74. The van der Waals surface area contributed by atoms with Crippen molar-refractivity contribution in [2.45, 2.75) is 277 Å². The monoisotopic (exact) mass is 1120 g/mol. The summed E-state index contributed by atoms with van der Waals surface area (Å²) in [5.41, 5.74) is 0. The minimum atomic E-state index is -4.72. The van der Waals surface area contributed by atoms with Crippen LogP contribution < -0.4 is 10.2 Å². The van der Waals surface area contributed by atoms with Crippen molar-refractivity contribution in [3.05, 3.63) is 109 Å². The van der Waals surface area contributed by atoms with Gasteiger partial charge in [-0.3, -0.25) is 14.2 Å². The van der Waals surface area contributed by atoms with Gasteiger partial charge in [0, 0.05) is 12.8 Å². The molecule has 0 aromatic carbocycles. The number of ether oxygens (including phenoxy) is 1. The molecule has 0 rings (SSSR count). The first kappa shape index (κ1) is 75.7. The summed E-state index contributed by atoms with van der Waals surface area (Å²) in [6.45, 7) is 6.65. The highest BCUT2D eigenvalue weighted by Crippen LogP contribution is 2.38. The largest absolute Gasteiger partial charge is 0.756 e. The van der Waals surface area contributed by atoms with Crippen LogP contribution in [-0.4, -0.2) is 69.4 Å². The molecule has 0 aliphatic carbocycles. The van der Waals surface area contributed by atoms with E-state index in [0.717, 1.165) is 96.3 Å². The van der Waals surface area contributed by atoms with Crippen molar-refractivity contribution in [2.24, 2.45) is 0 Å². The fourth-order valence-corrected chi connectivity index (χ4v) is 9.46. The number of phosphoric acid groups is 1. The lowest BCUT2D eigenvalue weighted by Crippen LogP contribution is -2.47. The molecule has 0 spiro atoms. The topological polar surface area (TPSA) is 114 Å². The van der Waals surface area contributed by atoms with Crippen LogP contribution in [0.15, 0.2) is 109 Å². The van der Waals surface area contributed by atoms with Gasteiger partial charge in [0.2, 0.25) is 5.91 Å². The van der Waals surface area contributed by atoms with E-state index in [1.807, 2.05) is 33.3 Å². The molecule has 0 aromatic heterocycles. The van der Waals surface area contributed by atoms with Gasteiger partial charge in [-0.1, -0.05) is 252 Å². The van der Waals surface area contributed by atoms with E-state index in [9.17, 15) is 19.0 Å². The zero-order valence-electron chi connectivity index (χ0n) is 51.8. The number of nitrogens with zero attached hydrogens (tertiary/aromatic N) is 1. The van der Waals surface area contributed by atoms with Crippen LogP contribution in [-0.2, 0) is 27.9 Å². The Balaban J connectivity index is 5.18. The second kappa shape index (κ2) is 57.9. The lowest BCUT2D eigenvalue weighted by atomic mass is 10.0.